The van der Waals surface area contributed by atoms with Crippen molar-refractivity contribution < 1.29 is 19.2 Å². The number of hydrogen-bond donors (Lipinski definition) is 2. The number of ether oxygens (including phenoxy) is 1. The highest BCUT2D eigenvalue weighted by Gasteiger charge is 2.31. The average Bonchev–Trinajstić information content (AvgIpc) is 3.21. The van der Waals surface area contributed by atoms with Gasteiger partial charge in [-0.2, -0.15) is 0 Å². The van der Waals surface area contributed by atoms with Crippen LogP contribution in [0.25, 0.3) is 10.4 Å². The molecule has 2 N–H and O–H groups in total. The second-order valence-electron chi connectivity index (χ2n) is 6.75. The number of benzene rings is 2. The molecule has 1 aromatic heterocycles. The van der Waals surface area contributed by atoms with E-state index in [1.165, 1.54) is 17.7 Å². The van der Waals surface area contributed by atoms with Crippen molar-refractivity contribution in [3.05, 3.63) is 70.1 Å². The van der Waals surface area contributed by atoms with Gasteiger partial charge in [0.25, 0.3) is 5.91 Å². The van der Waals surface area contributed by atoms with Crippen LogP contribution in [0.3, 0.4) is 0 Å². The number of amides is 2. The van der Waals surface area contributed by atoms with Gasteiger partial charge in [0.1, 0.15) is 5.75 Å². The number of carbonyl (C=O) groups excluding carboxylic acids is 2. The molecule has 1 unspecified atom stereocenters. The van der Waals surface area contributed by atoms with Gasteiger partial charge in [-0.15, -0.1) is 11.3 Å². The van der Waals surface area contributed by atoms with Crippen molar-refractivity contribution in [3.8, 4) is 16.2 Å². The lowest BCUT2D eigenvalue weighted by Crippen LogP contribution is -3.15. The molecule has 2 amide bonds. The molecule has 0 spiro atoms. The van der Waals surface area contributed by atoms with Crippen LogP contribution in [0.1, 0.15) is 15.2 Å². The number of halogens is 1. The molecule has 3 aromatic rings. The molecule has 2 heterocycles. The molecule has 0 radical (unpaired) electrons. The van der Waals surface area contributed by atoms with Crippen LogP contribution in [0.15, 0.2) is 59.6 Å². The Morgan fingerprint density at radius 1 is 1.17 bits per heavy atom. The molecule has 0 fully saturated rings. The molecule has 0 bridgehead atoms. The number of thiophene rings is 1. The molecule has 0 saturated heterocycles. The first kappa shape index (κ1) is 20.3. The SMILES string of the molecule is COc1ccc(-c2cc3c(s2)C(=O)[NH+](CC(=O)NCc2ccc(Cl)cc2)C=N3)cc1. The van der Waals surface area contributed by atoms with Crippen molar-refractivity contribution in [1.82, 2.24) is 5.32 Å². The van der Waals surface area contributed by atoms with Gasteiger partial charge in [0.2, 0.25) is 0 Å². The van der Waals surface area contributed by atoms with Crippen molar-refractivity contribution >= 4 is 46.8 Å². The zero-order valence-corrected chi connectivity index (χ0v) is 17.7. The summed E-state index contributed by atoms with van der Waals surface area (Å²) in [6, 6.07) is 16.8. The van der Waals surface area contributed by atoms with Gasteiger partial charge in [-0.05, 0) is 53.6 Å². The highest BCUT2D eigenvalue weighted by Crippen LogP contribution is 2.37. The number of fused-ring (bicyclic) bond motifs is 1. The Balaban J connectivity index is 1.41. The van der Waals surface area contributed by atoms with E-state index in [1.54, 1.807) is 19.2 Å². The Morgan fingerprint density at radius 2 is 1.90 bits per heavy atom. The highest BCUT2D eigenvalue weighted by atomic mass is 35.5. The second-order valence-corrected chi connectivity index (χ2v) is 8.23. The number of hydrogen-bond acceptors (Lipinski definition) is 5. The van der Waals surface area contributed by atoms with Gasteiger partial charge in [-0.25, -0.2) is 14.7 Å². The maximum absolute atomic E-state index is 12.9. The Hall–Kier alpha value is -3.00. The summed E-state index contributed by atoms with van der Waals surface area (Å²) in [6.07, 6.45) is 1.50. The average molecular weight is 441 g/mol. The maximum atomic E-state index is 12.9. The van der Waals surface area contributed by atoms with Crippen LogP contribution in [0, 0.1) is 0 Å². The monoisotopic (exact) mass is 440 g/mol. The number of quaternary nitrogens is 1. The first-order valence-corrected chi connectivity index (χ1v) is 10.5. The van der Waals surface area contributed by atoms with Gasteiger partial charge in [0.05, 0.1) is 12.8 Å². The lowest BCUT2D eigenvalue weighted by Gasteiger charge is -2.14. The molecule has 1 aliphatic rings. The lowest BCUT2D eigenvalue weighted by molar-refractivity contribution is -0.695. The summed E-state index contributed by atoms with van der Waals surface area (Å²) in [4.78, 5) is 31.5. The summed E-state index contributed by atoms with van der Waals surface area (Å²) in [5, 5.41) is 3.47. The number of rotatable bonds is 6. The van der Waals surface area contributed by atoms with Crippen LogP contribution in [-0.2, 0) is 11.3 Å². The highest BCUT2D eigenvalue weighted by molar-refractivity contribution is 7.18. The van der Waals surface area contributed by atoms with E-state index in [0.717, 1.165) is 21.8 Å². The molecular weight excluding hydrogens is 422 g/mol. The molecule has 152 valence electrons. The van der Waals surface area contributed by atoms with Crippen LogP contribution in [0.4, 0.5) is 5.69 Å². The van der Waals surface area contributed by atoms with Crippen LogP contribution >= 0.6 is 22.9 Å². The van der Waals surface area contributed by atoms with Gasteiger partial charge >= 0.3 is 5.91 Å². The van der Waals surface area contributed by atoms with Gasteiger partial charge in [0.15, 0.2) is 17.8 Å². The second kappa shape index (κ2) is 8.79. The van der Waals surface area contributed by atoms with Crippen LogP contribution in [-0.4, -0.2) is 31.8 Å². The zero-order valence-electron chi connectivity index (χ0n) is 16.1. The summed E-state index contributed by atoms with van der Waals surface area (Å²) in [7, 11) is 1.62. The molecule has 30 heavy (non-hydrogen) atoms. The predicted molar refractivity (Wildman–Crippen MR) is 118 cm³/mol. The summed E-state index contributed by atoms with van der Waals surface area (Å²) in [5.41, 5.74) is 2.56. The Kier molecular flexibility index (Phi) is 5.94. The van der Waals surface area contributed by atoms with Crippen LogP contribution in [0.2, 0.25) is 5.02 Å². The number of nitrogens with zero attached hydrogens (tertiary/aromatic N) is 1. The lowest BCUT2D eigenvalue weighted by atomic mass is 10.1. The summed E-state index contributed by atoms with van der Waals surface area (Å²) < 4.78 is 5.19. The fourth-order valence-electron chi connectivity index (χ4n) is 3.05. The van der Waals surface area contributed by atoms with Crippen LogP contribution < -0.4 is 15.0 Å². The molecule has 1 atom stereocenters. The minimum Gasteiger partial charge on any atom is -0.497 e. The maximum Gasteiger partial charge on any atom is 0.362 e. The van der Waals surface area contributed by atoms with Crippen molar-refractivity contribution in [2.75, 3.05) is 13.7 Å². The normalized spacial score (nSPS) is 15.0. The largest absolute Gasteiger partial charge is 0.497 e. The van der Waals surface area contributed by atoms with E-state index in [4.69, 9.17) is 16.3 Å². The molecule has 6 nitrogen and oxygen atoms in total. The first-order valence-electron chi connectivity index (χ1n) is 9.27. The van der Waals surface area contributed by atoms with E-state index < -0.39 is 0 Å². The number of aliphatic imine (C=N–C) groups is 1. The molecule has 4 rings (SSSR count). The Bertz CT molecular complexity index is 1110. The third kappa shape index (κ3) is 4.43. The Morgan fingerprint density at radius 3 is 2.60 bits per heavy atom. The van der Waals surface area contributed by atoms with E-state index in [2.05, 4.69) is 10.3 Å². The van der Waals surface area contributed by atoms with E-state index in [9.17, 15) is 9.59 Å². The fourth-order valence-corrected chi connectivity index (χ4v) is 4.26. The van der Waals surface area contributed by atoms with E-state index >= 15 is 0 Å². The summed E-state index contributed by atoms with van der Waals surface area (Å²) in [6.45, 7) is 0.367. The molecule has 2 aromatic carbocycles. The third-order valence-corrected chi connectivity index (χ3v) is 6.12. The van der Waals surface area contributed by atoms with Crippen molar-refractivity contribution in [2.24, 2.45) is 4.99 Å². The topological polar surface area (TPSA) is 72.2 Å². The summed E-state index contributed by atoms with van der Waals surface area (Å²) >= 11 is 7.25. The van der Waals surface area contributed by atoms with Gasteiger partial charge in [-0.3, -0.25) is 4.79 Å². The van der Waals surface area contributed by atoms with E-state index in [0.29, 0.717) is 27.0 Å². The fraction of sp³-hybridized carbons (Fsp3) is 0.136. The minimum absolute atomic E-state index is 0.00880. The van der Waals surface area contributed by atoms with Crippen LogP contribution in [0.5, 0.6) is 5.75 Å². The first-order chi connectivity index (χ1) is 14.5. The van der Waals surface area contributed by atoms with Gasteiger partial charge in [-0.1, -0.05) is 23.7 Å². The zero-order chi connectivity index (χ0) is 21.1. The van der Waals surface area contributed by atoms with Crippen molar-refractivity contribution in [1.29, 1.82) is 0 Å². The molecule has 8 heteroatoms. The quantitative estimate of drug-likeness (QED) is 0.618. The van der Waals surface area contributed by atoms with Gasteiger partial charge in [0, 0.05) is 16.4 Å². The third-order valence-electron chi connectivity index (χ3n) is 4.70. The number of nitrogens with one attached hydrogen (secondary N) is 2. The van der Waals surface area contributed by atoms with E-state index in [-0.39, 0.29) is 18.4 Å². The molecule has 0 aliphatic carbocycles. The predicted octanol–water partition coefficient (Wildman–Crippen LogP) is 3.09. The number of carbonyl (C=O) groups is 2. The molecule has 1 aliphatic heterocycles. The van der Waals surface area contributed by atoms with Gasteiger partial charge < -0.3 is 10.1 Å². The smallest absolute Gasteiger partial charge is 0.362 e. The van der Waals surface area contributed by atoms with Crippen molar-refractivity contribution in [3.63, 3.8) is 0 Å². The Labute approximate surface area is 182 Å². The minimum atomic E-state index is -0.227. The standard InChI is InChI=1S/C22H18ClN3O3S/c1-29-17-8-4-15(5-9-17)19-10-18-21(30-19)22(28)26(13-25-18)12-20(27)24-11-14-2-6-16(23)7-3-14/h2-10,13H,11-12H2,1H3,(H,24,27)/p+1. The van der Waals surface area contributed by atoms with E-state index in [1.807, 2.05) is 42.5 Å². The number of methoxy groups -OCH3 is 1. The molecule has 0 saturated carbocycles. The summed E-state index contributed by atoms with van der Waals surface area (Å²) in [5.74, 6) is 0.399. The van der Waals surface area contributed by atoms with Crippen molar-refractivity contribution in [2.45, 2.75) is 6.54 Å². The molecular formula is C22H19ClN3O3S+.